The van der Waals surface area contributed by atoms with Gasteiger partial charge < -0.3 is 26.8 Å². The van der Waals surface area contributed by atoms with Gasteiger partial charge in [0.05, 0.1) is 18.5 Å². The Kier molecular flexibility index (Phi) is 9.39. The standard InChI is InChI=1S/C27H35N7O3/c1-17(2)33-26-27(36)34(15-24(35)31-13-19-8-10-20(11-9-19)25(29)30)22(14-32-26)21-6-4-5-7-23(21)37-16-18(3)12-28/h4-11,14,17-18H,12-13,15-16,28H2,1-3H3,(H3,29,30)(H,31,35)(H,32,33). The molecule has 1 aromatic heterocycles. The number of nitrogens with zero attached hydrogens (tertiary/aromatic N) is 2. The Morgan fingerprint density at radius 3 is 2.49 bits per heavy atom. The summed E-state index contributed by atoms with van der Waals surface area (Å²) in [6.45, 7) is 6.77. The van der Waals surface area contributed by atoms with E-state index in [0.717, 1.165) is 5.56 Å². The third-order valence-corrected chi connectivity index (χ3v) is 5.62. The Morgan fingerprint density at radius 1 is 1.14 bits per heavy atom. The maximum atomic E-state index is 13.4. The fourth-order valence-electron chi connectivity index (χ4n) is 3.54. The number of nitrogen functional groups attached to an aromatic ring is 1. The van der Waals surface area contributed by atoms with Crippen LogP contribution in [-0.4, -0.2) is 40.5 Å². The van der Waals surface area contributed by atoms with E-state index < -0.39 is 5.56 Å². The number of nitrogens with two attached hydrogens (primary N) is 2. The molecular weight excluding hydrogens is 470 g/mol. The molecule has 1 heterocycles. The lowest BCUT2D eigenvalue weighted by Crippen LogP contribution is -2.35. The molecule has 0 bridgehead atoms. The van der Waals surface area contributed by atoms with E-state index in [1.807, 2.05) is 45.0 Å². The number of rotatable bonds is 12. The molecule has 0 aliphatic rings. The molecule has 0 radical (unpaired) electrons. The van der Waals surface area contributed by atoms with E-state index in [2.05, 4.69) is 15.6 Å². The first kappa shape index (κ1) is 27.4. The number of anilines is 1. The van der Waals surface area contributed by atoms with Crippen LogP contribution < -0.4 is 32.4 Å². The summed E-state index contributed by atoms with van der Waals surface area (Å²) in [6.07, 6.45) is 1.58. The molecule has 3 aromatic rings. The Balaban J connectivity index is 1.89. The molecule has 1 atom stereocenters. The molecule has 1 amide bonds. The van der Waals surface area contributed by atoms with Crippen LogP contribution in [0, 0.1) is 11.3 Å². The average Bonchev–Trinajstić information content (AvgIpc) is 2.88. The third-order valence-electron chi connectivity index (χ3n) is 5.62. The summed E-state index contributed by atoms with van der Waals surface area (Å²) in [7, 11) is 0. The molecule has 196 valence electrons. The molecule has 3 rings (SSSR count). The number of carbonyl (C=O) groups is 1. The molecule has 10 heteroatoms. The van der Waals surface area contributed by atoms with Crippen LogP contribution >= 0.6 is 0 Å². The van der Waals surface area contributed by atoms with Gasteiger partial charge in [-0.1, -0.05) is 43.3 Å². The fraction of sp³-hybridized carbons (Fsp3) is 0.333. The largest absolute Gasteiger partial charge is 0.493 e. The number of carbonyl (C=O) groups excluding carboxylic acids is 1. The van der Waals surface area contributed by atoms with Gasteiger partial charge in [0.15, 0.2) is 5.82 Å². The second kappa shape index (κ2) is 12.7. The number of hydrogen-bond acceptors (Lipinski definition) is 7. The molecular formula is C27H35N7O3. The van der Waals surface area contributed by atoms with Crippen molar-refractivity contribution in [1.82, 2.24) is 14.9 Å². The molecule has 10 nitrogen and oxygen atoms in total. The molecule has 0 aliphatic heterocycles. The van der Waals surface area contributed by atoms with Crippen molar-refractivity contribution in [3.05, 3.63) is 76.2 Å². The highest BCUT2D eigenvalue weighted by molar-refractivity contribution is 5.94. The minimum Gasteiger partial charge on any atom is -0.493 e. The summed E-state index contributed by atoms with van der Waals surface area (Å²) >= 11 is 0. The number of benzene rings is 2. The Morgan fingerprint density at radius 2 is 1.84 bits per heavy atom. The van der Waals surface area contributed by atoms with Crippen LogP contribution in [0.5, 0.6) is 5.75 Å². The van der Waals surface area contributed by atoms with Gasteiger partial charge in [0.2, 0.25) is 5.91 Å². The van der Waals surface area contributed by atoms with Crippen LogP contribution in [0.25, 0.3) is 11.3 Å². The van der Waals surface area contributed by atoms with Crippen molar-refractivity contribution in [3.63, 3.8) is 0 Å². The second-order valence-corrected chi connectivity index (χ2v) is 9.22. The van der Waals surface area contributed by atoms with Crippen LogP contribution in [0.15, 0.2) is 59.5 Å². The average molecular weight is 506 g/mol. The predicted molar refractivity (Wildman–Crippen MR) is 146 cm³/mol. The first-order chi connectivity index (χ1) is 17.7. The van der Waals surface area contributed by atoms with E-state index in [1.54, 1.807) is 30.5 Å². The number of nitrogens with one attached hydrogen (secondary N) is 3. The van der Waals surface area contributed by atoms with E-state index in [0.29, 0.717) is 35.7 Å². The minimum absolute atomic E-state index is 0.0142. The van der Waals surface area contributed by atoms with E-state index in [1.165, 1.54) is 4.57 Å². The zero-order chi connectivity index (χ0) is 26.9. The fourth-order valence-corrected chi connectivity index (χ4v) is 3.54. The van der Waals surface area contributed by atoms with Gasteiger partial charge in [0.1, 0.15) is 18.1 Å². The van der Waals surface area contributed by atoms with Crippen molar-refractivity contribution in [1.29, 1.82) is 5.41 Å². The SMILES string of the molecule is CC(CN)COc1ccccc1-c1cnc(NC(C)C)c(=O)n1CC(=O)NCc1ccc(C(=N)N)cc1. The first-order valence-corrected chi connectivity index (χ1v) is 12.2. The molecule has 37 heavy (non-hydrogen) atoms. The molecule has 0 aliphatic carbocycles. The lowest BCUT2D eigenvalue weighted by molar-refractivity contribution is -0.121. The Bertz CT molecular complexity index is 1290. The van der Waals surface area contributed by atoms with Crippen LogP contribution in [0.2, 0.25) is 0 Å². The smallest absolute Gasteiger partial charge is 0.294 e. The second-order valence-electron chi connectivity index (χ2n) is 9.22. The maximum absolute atomic E-state index is 13.4. The Hall–Kier alpha value is -4.18. The van der Waals surface area contributed by atoms with Gasteiger partial charge in [-0.3, -0.25) is 19.6 Å². The molecule has 1 unspecified atom stereocenters. The summed E-state index contributed by atoms with van der Waals surface area (Å²) in [6, 6.07) is 14.4. The lowest BCUT2D eigenvalue weighted by Gasteiger charge is -2.19. The van der Waals surface area contributed by atoms with Crippen molar-refractivity contribution >= 4 is 17.6 Å². The number of ether oxygens (including phenoxy) is 1. The zero-order valence-electron chi connectivity index (χ0n) is 21.5. The van der Waals surface area contributed by atoms with Gasteiger partial charge in [0.25, 0.3) is 5.56 Å². The zero-order valence-corrected chi connectivity index (χ0v) is 21.5. The summed E-state index contributed by atoms with van der Waals surface area (Å²) < 4.78 is 7.41. The van der Waals surface area contributed by atoms with Gasteiger partial charge in [-0.15, -0.1) is 0 Å². The predicted octanol–water partition coefficient (Wildman–Crippen LogP) is 2.30. The van der Waals surface area contributed by atoms with Crippen molar-refractivity contribution < 1.29 is 9.53 Å². The van der Waals surface area contributed by atoms with E-state index in [-0.39, 0.29) is 42.6 Å². The molecule has 0 saturated heterocycles. The highest BCUT2D eigenvalue weighted by Crippen LogP contribution is 2.29. The van der Waals surface area contributed by atoms with E-state index >= 15 is 0 Å². The molecule has 0 saturated carbocycles. The van der Waals surface area contributed by atoms with Gasteiger partial charge in [-0.25, -0.2) is 4.98 Å². The van der Waals surface area contributed by atoms with Crippen LogP contribution in [-0.2, 0) is 17.9 Å². The summed E-state index contributed by atoms with van der Waals surface area (Å²) in [5.41, 5.74) is 13.4. The molecule has 0 fully saturated rings. The number of hydrogen-bond donors (Lipinski definition) is 5. The normalized spacial score (nSPS) is 11.7. The third kappa shape index (κ3) is 7.40. The van der Waals surface area contributed by atoms with Crippen molar-refractivity contribution in [2.24, 2.45) is 17.4 Å². The van der Waals surface area contributed by atoms with Crippen molar-refractivity contribution in [2.45, 2.75) is 39.9 Å². The lowest BCUT2D eigenvalue weighted by atomic mass is 10.1. The van der Waals surface area contributed by atoms with Gasteiger partial charge in [-0.2, -0.15) is 0 Å². The molecule has 7 N–H and O–H groups in total. The number of aromatic nitrogens is 2. The topological polar surface area (TPSA) is 161 Å². The number of para-hydroxylation sites is 1. The van der Waals surface area contributed by atoms with Crippen LogP contribution in [0.4, 0.5) is 5.82 Å². The summed E-state index contributed by atoms with van der Waals surface area (Å²) in [5.74, 6) is 0.541. The quantitative estimate of drug-likeness (QED) is 0.186. The summed E-state index contributed by atoms with van der Waals surface area (Å²) in [5, 5.41) is 13.4. The number of amides is 1. The van der Waals surface area contributed by atoms with Crippen molar-refractivity contribution in [3.8, 4) is 17.0 Å². The van der Waals surface area contributed by atoms with E-state index in [9.17, 15) is 9.59 Å². The van der Waals surface area contributed by atoms with Gasteiger partial charge in [-0.05, 0) is 38.1 Å². The Labute approximate surface area is 216 Å². The van der Waals surface area contributed by atoms with Crippen molar-refractivity contribution in [2.75, 3.05) is 18.5 Å². The maximum Gasteiger partial charge on any atom is 0.294 e. The van der Waals surface area contributed by atoms with Crippen LogP contribution in [0.3, 0.4) is 0 Å². The number of amidine groups is 1. The monoisotopic (exact) mass is 505 g/mol. The van der Waals surface area contributed by atoms with E-state index in [4.69, 9.17) is 21.6 Å². The molecule has 0 spiro atoms. The minimum atomic E-state index is -0.405. The molecule has 2 aromatic carbocycles. The van der Waals surface area contributed by atoms with Gasteiger partial charge in [0, 0.05) is 29.6 Å². The highest BCUT2D eigenvalue weighted by Gasteiger charge is 2.18. The first-order valence-electron chi connectivity index (χ1n) is 12.2. The van der Waals surface area contributed by atoms with Gasteiger partial charge >= 0.3 is 0 Å². The summed E-state index contributed by atoms with van der Waals surface area (Å²) in [4.78, 5) is 30.7. The van der Waals surface area contributed by atoms with Crippen LogP contribution in [0.1, 0.15) is 31.9 Å². The highest BCUT2D eigenvalue weighted by atomic mass is 16.5.